The lowest BCUT2D eigenvalue weighted by Crippen LogP contribution is -3.10. The fourth-order valence-corrected chi connectivity index (χ4v) is 1.17. The van der Waals surface area contributed by atoms with Gasteiger partial charge in [-0.1, -0.05) is 0 Å². The lowest BCUT2D eigenvalue weighted by Gasteiger charge is -2.12. The predicted molar refractivity (Wildman–Crippen MR) is 44.4 cm³/mol. The van der Waals surface area contributed by atoms with E-state index in [2.05, 4.69) is 11.9 Å². The van der Waals surface area contributed by atoms with E-state index in [1.165, 1.54) is 11.4 Å². The van der Waals surface area contributed by atoms with E-state index in [1.807, 2.05) is 7.05 Å². The standard InChI is InChI=1S/C5H11ClN2.NO3/c1-7-3-4-8(2)5(7)6;2-1(3)4/h5H,3-4H2,1-2H3;/q;-1/p+1. The number of rotatable bonds is 0. The minimum absolute atomic E-state index is 0.204. The van der Waals surface area contributed by atoms with Crippen LogP contribution in [-0.4, -0.2) is 42.8 Å². The molecule has 0 bridgehead atoms. The average molecular weight is 198 g/mol. The molecule has 0 radical (unpaired) electrons. The highest BCUT2D eigenvalue weighted by atomic mass is 35.5. The van der Waals surface area contributed by atoms with E-state index in [1.54, 1.807) is 0 Å². The Labute approximate surface area is 75.4 Å². The molecule has 0 aliphatic carbocycles. The van der Waals surface area contributed by atoms with Crippen LogP contribution in [0.25, 0.3) is 0 Å². The summed E-state index contributed by atoms with van der Waals surface area (Å²) >= 11 is 5.90. The lowest BCUT2D eigenvalue weighted by molar-refractivity contribution is -0.883. The molecule has 0 saturated carbocycles. The first-order valence-corrected chi connectivity index (χ1v) is 3.87. The van der Waals surface area contributed by atoms with Gasteiger partial charge in [0.25, 0.3) is 0 Å². The Morgan fingerprint density at radius 1 is 1.67 bits per heavy atom. The Hall–Kier alpha value is -0.590. The molecule has 1 heterocycles. The molecule has 7 heteroatoms. The van der Waals surface area contributed by atoms with Crippen molar-refractivity contribution >= 4 is 11.6 Å². The van der Waals surface area contributed by atoms with Crippen molar-refractivity contribution in [2.45, 2.75) is 5.62 Å². The number of likely N-dealkylation sites (N-methyl/N-ethyl adjacent to an activating group) is 2. The summed E-state index contributed by atoms with van der Waals surface area (Å²) in [5.41, 5.74) is 0.204. The van der Waals surface area contributed by atoms with Crippen molar-refractivity contribution in [1.82, 2.24) is 4.90 Å². The largest absolute Gasteiger partial charge is 0.356 e. The van der Waals surface area contributed by atoms with Crippen molar-refractivity contribution in [1.29, 1.82) is 0 Å². The molecule has 0 amide bonds. The molecule has 1 rings (SSSR count). The highest BCUT2D eigenvalue weighted by Crippen LogP contribution is 1.95. The number of hydrogen-bond acceptors (Lipinski definition) is 4. The Morgan fingerprint density at radius 3 is 2.17 bits per heavy atom. The van der Waals surface area contributed by atoms with E-state index in [0.29, 0.717) is 0 Å². The second-order valence-corrected chi connectivity index (χ2v) is 3.05. The third kappa shape index (κ3) is 4.32. The predicted octanol–water partition coefficient (Wildman–Crippen LogP) is -1.27. The molecule has 0 aromatic rings. The van der Waals surface area contributed by atoms with Crippen LogP contribution in [0.4, 0.5) is 0 Å². The molecule has 6 nitrogen and oxygen atoms in total. The normalized spacial score (nSPS) is 29.2. The minimum Gasteiger partial charge on any atom is -0.356 e. The molecule has 0 aromatic heterocycles. The number of hydrogen-bond donors (Lipinski definition) is 1. The van der Waals surface area contributed by atoms with Crippen LogP contribution in [0.2, 0.25) is 0 Å². The van der Waals surface area contributed by atoms with Crippen LogP contribution in [-0.2, 0) is 0 Å². The van der Waals surface area contributed by atoms with Crippen molar-refractivity contribution in [3.05, 3.63) is 15.3 Å². The Kier molecular flexibility index (Phi) is 4.87. The van der Waals surface area contributed by atoms with Gasteiger partial charge in [-0.15, -0.1) is 0 Å². The molecule has 1 N–H and O–H groups in total. The molecule has 12 heavy (non-hydrogen) atoms. The number of alkyl halides is 1. The van der Waals surface area contributed by atoms with Gasteiger partial charge in [-0.2, -0.15) is 0 Å². The fraction of sp³-hybridized carbons (Fsp3) is 1.00. The van der Waals surface area contributed by atoms with E-state index in [-0.39, 0.29) is 5.62 Å². The first-order chi connectivity index (χ1) is 5.45. The second kappa shape index (κ2) is 5.13. The Morgan fingerprint density at radius 2 is 2.08 bits per heavy atom. The molecule has 72 valence electrons. The molecular weight excluding hydrogens is 186 g/mol. The zero-order valence-electron chi connectivity index (χ0n) is 6.99. The van der Waals surface area contributed by atoms with Crippen LogP contribution in [0.5, 0.6) is 0 Å². The van der Waals surface area contributed by atoms with Crippen LogP contribution in [0.3, 0.4) is 0 Å². The van der Waals surface area contributed by atoms with Gasteiger partial charge in [0, 0.05) is 0 Å². The SMILES string of the molecule is CN1CC[NH+](C)C1Cl.O=[N+]([O-])[O-]. The highest BCUT2D eigenvalue weighted by Gasteiger charge is 2.27. The quantitative estimate of drug-likeness (QED) is 0.228. The number of nitrogens with zero attached hydrogens (tertiary/aromatic N) is 2. The van der Waals surface area contributed by atoms with E-state index < -0.39 is 5.09 Å². The molecule has 1 aliphatic heterocycles. The third-order valence-corrected chi connectivity index (χ3v) is 2.36. The van der Waals surface area contributed by atoms with Gasteiger partial charge in [-0.05, 0) is 18.6 Å². The van der Waals surface area contributed by atoms with Crippen molar-refractivity contribution in [3.63, 3.8) is 0 Å². The van der Waals surface area contributed by atoms with Crippen LogP contribution in [0.15, 0.2) is 0 Å². The van der Waals surface area contributed by atoms with Crippen LogP contribution >= 0.6 is 11.6 Å². The molecule has 2 unspecified atom stereocenters. The molecule has 1 aliphatic rings. The Bertz CT molecular complexity index is 143. The van der Waals surface area contributed by atoms with Gasteiger partial charge in [0.15, 0.2) is 0 Å². The summed E-state index contributed by atoms with van der Waals surface area (Å²) in [4.78, 5) is 11.8. The van der Waals surface area contributed by atoms with Crippen LogP contribution in [0.1, 0.15) is 0 Å². The first-order valence-electron chi connectivity index (χ1n) is 3.43. The summed E-state index contributed by atoms with van der Waals surface area (Å²) in [6, 6.07) is 0. The van der Waals surface area contributed by atoms with Crippen LogP contribution in [0, 0.1) is 15.3 Å². The number of quaternary nitrogens is 1. The third-order valence-electron chi connectivity index (χ3n) is 1.65. The number of nitrogens with one attached hydrogen (secondary N) is 1. The van der Waals surface area contributed by atoms with Gasteiger partial charge >= 0.3 is 0 Å². The van der Waals surface area contributed by atoms with Gasteiger partial charge in [0.05, 0.1) is 25.2 Å². The zero-order valence-corrected chi connectivity index (χ0v) is 7.74. The summed E-state index contributed by atoms with van der Waals surface area (Å²) in [5, 5.41) is 14.8. The second-order valence-electron chi connectivity index (χ2n) is 2.64. The summed E-state index contributed by atoms with van der Waals surface area (Å²) in [6.45, 7) is 2.30. The number of halogens is 1. The first kappa shape index (κ1) is 11.4. The molecule has 1 saturated heterocycles. The summed E-state index contributed by atoms with van der Waals surface area (Å²) in [6.07, 6.45) is 0. The van der Waals surface area contributed by atoms with Crippen molar-refractivity contribution in [2.24, 2.45) is 0 Å². The highest BCUT2D eigenvalue weighted by molar-refractivity contribution is 6.19. The Balaban J connectivity index is 0.000000261. The smallest absolute Gasteiger partial charge is 0.221 e. The van der Waals surface area contributed by atoms with Crippen LogP contribution < -0.4 is 4.90 Å². The molecule has 2 atom stereocenters. The summed E-state index contributed by atoms with van der Waals surface area (Å²) in [5.74, 6) is 0. The van der Waals surface area contributed by atoms with Gasteiger partial charge in [0.1, 0.15) is 0 Å². The van der Waals surface area contributed by atoms with Gasteiger partial charge in [-0.25, -0.2) is 4.90 Å². The molecule has 1 fully saturated rings. The molecule has 0 spiro atoms. The maximum Gasteiger partial charge on any atom is 0.221 e. The minimum atomic E-state index is -1.75. The van der Waals surface area contributed by atoms with Gasteiger partial charge in [-0.3, -0.25) is 0 Å². The van der Waals surface area contributed by atoms with Gasteiger partial charge in [0.2, 0.25) is 5.62 Å². The van der Waals surface area contributed by atoms with E-state index in [9.17, 15) is 0 Å². The maximum absolute atomic E-state index is 8.25. The zero-order chi connectivity index (χ0) is 9.72. The van der Waals surface area contributed by atoms with Crippen molar-refractivity contribution in [2.75, 3.05) is 27.2 Å². The van der Waals surface area contributed by atoms with E-state index in [4.69, 9.17) is 26.9 Å². The maximum atomic E-state index is 8.25. The molecular formula is C5H12ClN3O3. The van der Waals surface area contributed by atoms with E-state index >= 15 is 0 Å². The lowest BCUT2D eigenvalue weighted by atomic mass is 10.6. The average Bonchev–Trinajstić information content (AvgIpc) is 2.19. The summed E-state index contributed by atoms with van der Waals surface area (Å²) in [7, 11) is 4.16. The van der Waals surface area contributed by atoms with Crippen molar-refractivity contribution in [3.8, 4) is 0 Å². The monoisotopic (exact) mass is 197 g/mol. The van der Waals surface area contributed by atoms with E-state index in [0.717, 1.165) is 6.54 Å². The van der Waals surface area contributed by atoms with Crippen molar-refractivity contribution < 1.29 is 9.99 Å². The topological polar surface area (TPSA) is 73.9 Å². The summed E-state index contributed by atoms with van der Waals surface area (Å²) < 4.78 is 0. The molecule has 0 aromatic carbocycles. The van der Waals surface area contributed by atoms with Gasteiger partial charge < -0.3 is 20.2 Å². The fourth-order valence-electron chi connectivity index (χ4n) is 0.961.